The zero-order chi connectivity index (χ0) is 36.0. The third-order valence-corrected chi connectivity index (χ3v) is 11.5. The Balaban J connectivity index is 1.10. The summed E-state index contributed by atoms with van der Waals surface area (Å²) in [6.45, 7) is 4.76. The van der Waals surface area contributed by atoms with Crippen LogP contribution in [0, 0.1) is 0 Å². The molecule has 3 nitrogen and oxygen atoms in total. The second-order valence-electron chi connectivity index (χ2n) is 15.0. The van der Waals surface area contributed by atoms with E-state index in [1.807, 2.05) is 12.1 Å². The molecule has 1 aliphatic carbocycles. The predicted molar refractivity (Wildman–Crippen MR) is 225 cm³/mol. The van der Waals surface area contributed by atoms with Crippen molar-refractivity contribution in [2.45, 2.75) is 19.3 Å². The summed E-state index contributed by atoms with van der Waals surface area (Å²) in [5.74, 6) is 0.718. The standard InChI is InChI=1S/C51H35N3/c1-51(2)44-29-35-25-24-34(32-14-5-3-6-15-32)26-37(35)28-41(44)42-30-43-39-20-10-12-23-47(39)54(48(43)31-45(42)51)38-19-13-18-36(27-38)50-52-46-22-11-9-21-40(46)49(53-50)33-16-7-4-8-17-33/h3-31H,1-2H3. The van der Waals surface area contributed by atoms with Gasteiger partial charge in [-0.25, -0.2) is 9.97 Å². The van der Waals surface area contributed by atoms with Gasteiger partial charge in [-0.3, -0.25) is 0 Å². The molecule has 2 aromatic heterocycles. The lowest BCUT2D eigenvalue weighted by molar-refractivity contribution is 0.662. The van der Waals surface area contributed by atoms with Crippen molar-refractivity contribution >= 4 is 43.5 Å². The first-order valence-corrected chi connectivity index (χ1v) is 18.7. The van der Waals surface area contributed by atoms with Gasteiger partial charge < -0.3 is 4.57 Å². The molecule has 0 atom stereocenters. The largest absolute Gasteiger partial charge is 0.309 e. The van der Waals surface area contributed by atoms with E-state index in [1.165, 1.54) is 66.0 Å². The van der Waals surface area contributed by atoms with Crippen molar-refractivity contribution in [3.63, 3.8) is 0 Å². The number of benzene rings is 8. The smallest absolute Gasteiger partial charge is 0.160 e. The number of nitrogens with zero attached hydrogens (tertiary/aromatic N) is 3. The monoisotopic (exact) mass is 689 g/mol. The lowest BCUT2D eigenvalue weighted by atomic mass is 9.81. The van der Waals surface area contributed by atoms with Gasteiger partial charge in [0.05, 0.1) is 22.2 Å². The molecule has 0 N–H and O–H groups in total. The van der Waals surface area contributed by atoms with Gasteiger partial charge in [-0.1, -0.05) is 135 Å². The number of para-hydroxylation sites is 2. The van der Waals surface area contributed by atoms with E-state index in [0.717, 1.165) is 39.2 Å². The van der Waals surface area contributed by atoms with E-state index in [0.29, 0.717) is 0 Å². The Hall–Kier alpha value is -6.84. The van der Waals surface area contributed by atoms with E-state index in [1.54, 1.807) is 0 Å². The molecule has 0 bridgehead atoms. The second-order valence-corrected chi connectivity index (χ2v) is 15.0. The molecular weight excluding hydrogens is 655 g/mol. The molecule has 0 saturated heterocycles. The molecule has 8 aromatic carbocycles. The number of rotatable bonds is 4. The van der Waals surface area contributed by atoms with Crippen molar-refractivity contribution in [2.75, 3.05) is 0 Å². The lowest BCUT2D eigenvalue weighted by Crippen LogP contribution is -2.15. The second kappa shape index (κ2) is 11.6. The third-order valence-electron chi connectivity index (χ3n) is 11.5. The third kappa shape index (κ3) is 4.61. The molecule has 0 aliphatic heterocycles. The lowest BCUT2D eigenvalue weighted by Gasteiger charge is -2.22. The van der Waals surface area contributed by atoms with Gasteiger partial charge in [-0.2, -0.15) is 0 Å². The van der Waals surface area contributed by atoms with E-state index in [9.17, 15) is 0 Å². The van der Waals surface area contributed by atoms with Crippen LogP contribution in [0.4, 0.5) is 0 Å². The Bertz CT molecular complexity index is 3120. The summed E-state index contributed by atoms with van der Waals surface area (Å²) in [5.41, 5.74) is 15.1. The summed E-state index contributed by atoms with van der Waals surface area (Å²) in [6.07, 6.45) is 0. The van der Waals surface area contributed by atoms with Crippen LogP contribution in [0.25, 0.3) is 94.1 Å². The number of hydrogen-bond acceptors (Lipinski definition) is 2. The number of fused-ring (bicyclic) bond motifs is 8. The molecule has 254 valence electrons. The molecule has 0 spiro atoms. The summed E-state index contributed by atoms with van der Waals surface area (Å²) in [6, 6.07) is 63.5. The zero-order valence-electron chi connectivity index (χ0n) is 30.1. The van der Waals surface area contributed by atoms with Crippen LogP contribution in [0.15, 0.2) is 176 Å². The summed E-state index contributed by atoms with van der Waals surface area (Å²) in [5, 5.41) is 6.09. The minimum atomic E-state index is -0.166. The molecule has 2 heterocycles. The van der Waals surface area contributed by atoms with Crippen molar-refractivity contribution in [2.24, 2.45) is 0 Å². The fourth-order valence-electron chi connectivity index (χ4n) is 8.83. The molecule has 0 saturated carbocycles. The molecule has 0 amide bonds. The molecule has 0 unspecified atom stereocenters. The fraction of sp³-hybridized carbons (Fsp3) is 0.0588. The average Bonchev–Trinajstić information content (AvgIpc) is 3.66. The van der Waals surface area contributed by atoms with E-state index in [-0.39, 0.29) is 5.41 Å². The Morgan fingerprint density at radius 2 is 1.11 bits per heavy atom. The van der Waals surface area contributed by atoms with Crippen LogP contribution in [0.2, 0.25) is 0 Å². The maximum atomic E-state index is 5.20. The van der Waals surface area contributed by atoms with Gasteiger partial charge in [0.25, 0.3) is 0 Å². The number of aromatic nitrogens is 3. The average molecular weight is 690 g/mol. The van der Waals surface area contributed by atoms with E-state index >= 15 is 0 Å². The first-order valence-electron chi connectivity index (χ1n) is 18.7. The van der Waals surface area contributed by atoms with Crippen molar-refractivity contribution in [3.05, 3.63) is 187 Å². The summed E-state index contributed by atoms with van der Waals surface area (Å²) >= 11 is 0. The predicted octanol–water partition coefficient (Wildman–Crippen LogP) is 13.2. The van der Waals surface area contributed by atoms with Gasteiger partial charge in [0.15, 0.2) is 5.82 Å². The topological polar surface area (TPSA) is 30.7 Å². The maximum absolute atomic E-state index is 5.20. The number of hydrogen-bond donors (Lipinski definition) is 0. The van der Waals surface area contributed by atoms with Gasteiger partial charge >= 0.3 is 0 Å². The van der Waals surface area contributed by atoms with Crippen LogP contribution in [-0.2, 0) is 5.41 Å². The van der Waals surface area contributed by atoms with Crippen LogP contribution in [0.3, 0.4) is 0 Å². The summed E-state index contributed by atoms with van der Waals surface area (Å²) < 4.78 is 2.43. The zero-order valence-corrected chi connectivity index (χ0v) is 30.1. The first kappa shape index (κ1) is 30.8. The van der Waals surface area contributed by atoms with Crippen LogP contribution < -0.4 is 0 Å². The summed E-state index contributed by atoms with van der Waals surface area (Å²) in [4.78, 5) is 10.3. The minimum absolute atomic E-state index is 0.166. The molecule has 0 fully saturated rings. The quantitative estimate of drug-likeness (QED) is 0.184. The van der Waals surface area contributed by atoms with E-state index < -0.39 is 0 Å². The first-order chi connectivity index (χ1) is 26.5. The van der Waals surface area contributed by atoms with Gasteiger partial charge in [-0.15, -0.1) is 0 Å². The maximum Gasteiger partial charge on any atom is 0.160 e. The molecule has 11 rings (SSSR count). The van der Waals surface area contributed by atoms with Crippen molar-refractivity contribution < 1.29 is 0 Å². The molecule has 1 aliphatic rings. The SMILES string of the molecule is CC1(C)c2cc3ccc(-c4ccccc4)cc3cc2-c2cc3c4ccccc4n(-c4cccc(-c5nc(-c6ccccc6)c6ccccc6n5)c4)c3cc21. The van der Waals surface area contributed by atoms with E-state index in [2.05, 4.69) is 182 Å². The van der Waals surface area contributed by atoms with Crippen molar-refractivity contribution in [1.82, 2.24) is 14.5 Å². The highest BCUT2D eigenvalue weighted by Gasteiger charge is 2.37. The highest BCUT2D eigenvalue weighted by atomic mass is 15.0. The van der Waals surface area contributed by atoms with Crippen molar-refractivity contribution in [1.29, 1.82) is 0 Å². The fourth-order valence-corrected chi connectivity index (χ4v) is 8.83. The van der Waals surface area contributed by atoms with Crippen LogP contribution >= 0.6 is 0 Å². The van der Waals surface area contributed by atoms with Gasteiger partial charge in [0.2, 0.25) is 0 Å². The summed E-state index contributed by atoms with van der Waals surface area (Å²) in [7, 11) is 0. The van der Waals surface area contributed by atoms with E-state index in [4.69, 9.17) is 9.97 Å². The highest BCUT2D eigenvalue weighted by molar-refractivity contribution is 6.12. The normalized spacial score (nSPS) is 13.1. The van der Waals surface area contributed by atoms with Crippen LogP contribution in [0.1, 0.15) is 25.0 Å². The molecule has 54 heavy (non-hydrogen) atoms. The Morgan fingerprint density at radius 3 is 1.94 bits per heavy atom. The Labute approximate surface area is 313 Å². The Kier molecular flexibility index (Phi) is 6.60. The molecular formula is C51H35N3. The van der Waals surface area contributed by atoms with Crippen LogP contribution in [-0.4, -0.2) is 14.5 Å². The van der Waals surface area contributed by atoms with Crippen molar-refractivity contribution in [3.8, 4) is 50.6 Å². The van der Waals surface area contributed by atoms with Crippen LogP contribution in [0.5, 0.6) is 0 Å². The van der Waals surface area contributed by atoms with Gasteiger partial charge in [0.1, 0.15) is 0 Å². The molecule has 0 radical (unpaired) electrons. The molecule has 3 heteroatoms. The Morgan fingerprint density at radius 1 is 0.426 bits per heavy atom. The van der Waals surface area contributed by atoms with Gasteiger partial charge in [-0.05, 0) is 98.8 Å². The molecule has 10 aromatic rings. The highest BCUT2D eigenvalue weighted by Crippen LogP contribution is 2.52. The minimum Gasteiger partial charge on any atom is -0.309 e. The van der Waals surface area contributed by atoms with Gasteiger partial charge in [0, 0.05) is 38.4 Å².